The van der Waals surface area contributed by atoms with E-state index in [9.17, 15) is 162 Å². The van der Waals surface area contributed by atoms with E-state index in [0.29, 0.717) is 0 Å². The van der Waals surface area contributed by atoms with Crippen LogP contribution in [0.2, 0.25) is 0 Å². The van der Waals surface area contributed by atoms with Crippen molar-refractivity contribution in [2.24, 2.45) is 0 Å². The molecule has 4 amide bonds. The molecule has 30 N–H and O–H groups in total. The molecule has 51 heteroatoms. The van der Waals surface area contributed by atoms with Crippen molar-refractivity contribution in [3.05, 3.63) is 0 Å². The van der Waals surface area contributed by atoms with Crippen LogP contribution in [-0.2, 0) is 99.8 Å². The van der Waals surface area contributed by atoms with Crippen molar-refractivity contribution in [3.63, 3.8) is 0 Å². The number of aliphatic hydroxyl groups is 24. The van der Waals surface area contributed by atoms with Crippen molar-refractivity contribution in [3.8, 4) is 0 Å². The van der Waals surface area contributed by atoms with Gasteiger partial charge in [0.25, 0.3) is 11.6 Å². The number of nitrogens with one attached hydrogen (secondary N) is 4. The first kappa shape index (κ1) is 93.8. The van der Waals surface area contributed by atoms with Gasteiger partial charge in [-0.15, -0.1) is 0 Å². The number of ether oxygens (including phenoxy) is 15. The Hall–Kier alpha value is -4.74. The Bertz CT molecular complexity index is 3110. The predicted octanol–water partition coefficient (Wildman–Crippen LogP) is -19.5. The fraction of sp³-hybridized carbons (Fsp3) is 0.903. The SMILES string of the molecule is CC(=O)N[C@H]1[C@H](OC[C@H]2O[C@@H](O[C@H]3[C@H](O)[C@@H](O)[C@@H](O)O[C@@H]3CO)[C@H](O)[C@@H](O[C@@H]3O[C@H](CO)[C@@H](O[C@@H]4O[C@H](CO[C@]5(C(=O)O)C[C@H](O)[C@@H](NC(C)=O)[C@H]([C@H](O)[C@H](O)CO)O5)[C@H](O)[C@H](O)[C@H]4O)[C@H](O)[C@H]3NC(C)=O)[C@H]2O)O[C@H](CO)[C@@H](O[C@@H]2O[C@H](CO[C@]3(C(=O)O)C[C@H](O)[C@@H](NC(C)=O)[C@H]([C@H](O)[C@H](O)CO)O3)[C@H](O)[C@H](O)[C@H]2O)[C@@H]1O. The van der Waals surface area contributed by atoms with Gasteiger partial charge in [0.15, 0.2) is 37.7 Å². The number of carbonyl (C=O) groups excluding carboxylic acids is 4. The molecule has 0 aromatic rings. The second-order valence-electron chi connectivity index (χ2n) is 28.3. The molecule has 0 saturated carbocycles. The van der Waals surface area contributed by atoms with E-state index in [-0.39, 0.29) is 0 Å². The van der Waals surface area contributed by atoms with Gasteiger partial charge in [0, 0.05) is 40.5 Å². The van der Waals surface area contributed by atoms with Gasteiger partial charge in [-0.1, -0.05) is 0 Å². The number of amides is 4. The van der Waals surface area contributed by atoms with Crippen LogP contribution in [0.15, 0.2) is 0 Å². The second-order valence-corrected chi connectivity index (χ2v) is 28.3. The number of carboxylic acids is 2. The van der Waals surface area contributed by atoms with Crippen LogP contribution >= 0.6 is 0 Å². The molecule has 8 saturated heterocycles. The minimum absolute atomic E-state index is 0.829. The molecule has 8 rings (SSSR count). The van der Waals surface area contributed by atoms with E-state index in [4.69, 9.17) is 71.1 Å². The van der Waals surface area contributed by atoms with E-state index < -0.39 is 358 Å². The Morgan fingerprint density at radius 2 is 0.690 bits per heavy atom. The van der Waals surface area contributed by atoms with Gasteiger partial charge >= 0.3 is 11.9 Å². The molecular weight excluding hydrogens is 1550 g/mol. The molecule has 0 aliphatic carbocycles. The summed E-state index contributed by atoms with van der Waals surface area (Å²) in [7, 11) is 0. The van der Waals surface area contributed by atoms with Gasteiger partial charge in [-0.25, -0.2) is 9.59 Å². The summed E-state index contributed by atoms with van der Waals surface area (Å²) in [6.45, 7) is -5.57. The lowest BCUT2D eigenvalue weighted by molar-refractivity contribution is -0.385. The molecule has 0 unspecified atom stereocenters. The van der Waals surface area contributed by atoms with Crippen molar-refractivity contribution in [1.29, 1.82) is 0 Å². The normalized spacial score (nSPS) is 45.6. The van der Waals surface area contributed by atoms with Crippen LogP contribution in [-0.4, -0.2) is 478 Å². The topological polar surface area (TPSA) is 815 Å². The fourth-order valence-corrected chi connectivity index (χ4v) is 14.2. The molecule has 0 aromatic carbocycles. The minimum atomic E-state index is -3.07. The zero-order valence-electron chi connectivity index (χ0n) is 60.4. The highest BCUT2D eigenvalue weighted by atomic mass is 16.8. The van der Waals surface area contributed by atoms with Crippen molar-refractivity contribution in [2.45, 2.75) is 297 Å². The smallest absolute Gasteiger partial charge is 0.364 e. The zero-order valence-corrected chi connectivity index (χ0v) is 60.4. The van der Waals surface area contributed by atoms with Gasteiger partial charge in [0.1, 0.15) is 183 Å². The third-order valence-electron chi connectivity index (χ3n) is 20.2. The van der Waals surface area contributed by atoms with Gasteiger partial charge in [-0.3, -0.25) is 19.2 Å². The van der Waals surface area contributed by atoms with Crippen LogP contribution in [0.3, 0.4) is 0 Å². The largest absolute Gasteiger partial charge is 0.477 e. The summed E-state index contributed by atoms with van der Waals surface area (Å²) in [5, 5.41) is 293. The Labute approximate surface area is 637 Å². The van der Waals surface area contributed by atoms with Gasteiger partial charge in [-0.2, -0.15) is 0 Å². The van der Waals surface area contributed by atoms with Crippen LogP contribution in [0.25, 0.3) is 0 Å². The Morgan fingerprint density at radius 1 is 0.363 bits per heavy atom. The fourth-order valence-electron chi connectivity index (χ4n) is 14.2. The lowest BCUT2D eigenvalue weighted by Gasteiger charge is -2.50. The number of carboxylic acid groups (broad SMARTS) is 2. The molecule has 8 aliphatic rings. The highest BCUT2D eigenvalue weighted by Gasteiger charge is 2.62. The van der Waals surface area contributed by atoms with Crippen LogP contribution in [0.5, 0.6) is 0 Å². The van der Waals surface area contributed by atoms with E-state index in [1.165, 1.54) is 0 Å². The molecule has 0 spiro atoms. The summed E-state index contributed by atoms with van der Waals surface area (Å²) < 4.78 is 86.6. The van der Waals surface area contributed by atoms with Crippen LogP contribution in [0.1, 0.15) is 40.5 Å². The maximum Gasteiger partial charge on any atom is 0.364 e. The Balaban J connectivity index is 1.02. The summed E-state index contributed by atoms with van der Waals surface area (Å²) in [6.07, 6.45) is -79.9. The summed E-state index contributed by atoms with van der Waals surface area (Å²) in [6, 6.07) is -7.27. The van der Waals surface area contributed by atoms with Gasteiger partial charge in [0.2, 0.25) is 23.6 Å². The summed E-state index contributed by atoms with van der Waals surface area (Å²) in [5.41, 5.74) is 0. The molecule has 652 valence electrons. The van der Waals surface area contributed by atoms with Crippen LogP contribution in [0.4, 0.5) is 0 Å². The van der Waals surface area contributed by atoms with Gasteiger partial charge in [0.05, 0.1) is 77.1 Å². The average molecular weight is 1660 g/mol. The van der Waals surface area contributed by atoms with Crippen molar-refractivity contribution < 1.29 is 233 Å². The molecule has 0 bridgehead atoms. The number of aliphatic hydroxyl groups excluding tert-OH is 24. The molecule has 0 aromatic heterocycles. The third kappa shape index (κ3) is 20.9. The quantitative estimate of drug-likeness (QED) is 0.0297. The van der Waals surface area contributed by atoms with E-state index in [2.05, 4.69) is 21.3 Å². The molecule has 51 nitrogen and oxygen atoms in total. The van der Waals surface area contributed by atoms with Gasteiger partial charge < -0.3 is 225 Å². The lowest BCUT2D eigenvalue weighted by Crippen LogP contribution is -2.70. The summed E-state index contributed by atoms with van der Waals surface area (Å²) >= 11 is 0. The van der Waals surface area contributed by atoms with E-state index in [1.807, 2.05) is 0 Å². The minimum Gasteiger partial charge on any atom is -0.477 e. The molecule has 8 fully saturated rings. The van der Waals surface area contributed by atoms with Crippen molar-refractivity contribution in [1.82, 2.24) is 21.3 Å². The molecule has 0 radical (unpaired) electrons. The summed E-state index contributed by atoms with van der Waals surface area (Å²) in [5.74, 6) is -13.8. The average Bonchev–Trinajstić information content (AvgIpc) is 0.774. The lowest BCUT2D eigenvalue weighted by atomic mass is 9.88. The Morgan fingerprint density at radius 3 is 1.06 bits per heavy atom. The van der Waals surface area contributed by atoms with Crippen LogP contribution < -0.4 is 21.3 Å². The molecule has 8 aliphatic heterocycles. The standard InChI is InChI=1S/C62H102N4O47/c1-15(72)63-29-19(76)5-61(59(95)96,112-50(29)33(80)21(78)7-67)100-13-27-35(82)40(87)44(91)56(106-27)108-47-24(10-70)103-54(31(38(47)85)65-17(3)74)99-12-26-37(84)52(46(93)58(105-26)110-49-23(9-69)102-53(94)43(90)42(49)89)111-55-32(66-18(4)75)39(86)48(25(11-71)104-55)109-57-45(92)41(88)36(83)28(107-57)14-101-62(60(97)98)6-20(77)30(64-16(2)73)51(113-62)34(81)22(79)8-68/h19-58,67-71,76-94H,5-14H2,1-4H3,(H,63,72)(H,64,73)(H,65,74)(H,66,75)(H,95,96)(H,97,98)/t19-,20-,21+,22+,23+,24+,25+,26+,27+,28+,29+,30+,31+,32+,33+,34+,35-,36-,37-,38+,39+,40-,41-,42+,43+,44+,45+,46+,47+,48+,49+,50+,51+,52-,53-,54+,55-,56-,57-,58-,61+,62+/m0/s1. The van der Waals surface area contributed by atoms with Gasteiger partial charge in [-0.05, 0) is 0 Å². The molecule has 42 atom stereocenters. The molecule has 8 heterocycles. The highest BCUT2D eigenvalue weighted by Crippen LogP contribution is 2.41. The molecular formula is C62H102N4O47. The third-order valence-corrected chi connectivity index (χ3v) is 20.2. The van der Waals surface area contributed by atoms with E-state index >= 15 is 0 Å². The first-order chi connectivity index (χ1) is 53.0. The monoisotopic (exact) mass is 1650 g/mol. The maximum atomic E-state index is 13.0. The first-order valence-corrected chi connectivity index (χ1v) is 35.4. The highest BCUT2D eigenvalue weighted by molar-refractivity contribution is 5.77. The zero-order chi connectivity index (χ0) is 84.1. The maximum absolute atomic E-state index is 13.0. The number of hydrogen-bond acceptors (Lipinski definition) is 45. The predicted molar refractivity (Wildman–Crippen MR) is 345 cm³/mol. The van der Waals surface area contributed by atoms with Crippen molar-refractivity contribution >= 4 is 35.6 Å². The molecule has 113 heavy (non-hydrogen) atoms. The summed E-state index contributed by atoms with van der Waals surface area (Å²) in [4.78, 5) is 76.0. The van der Waals surface area contributed by atoms with Crippen molar-refractivity contribution in [2.75, 3.05) is 52.9 Å². The van der Waals surface area contributed by atoms with E-state index in [0.717, 1.165) is 27.7 Å². The van der Waals surface area contributed by atoms with E-state index in [1.54, 1.807) is 0 Å². The second kappa shape index (κ2) is 39.9. The number of rotatable bonds is 32. The van der Waals surface area contributed by atoms with Crippen LogP contribution in [0, 0.1) is 0 Å². The number of aliphatic carboxylic acids is 2. The number of hydrogen-bond donors (Lipinski definition) is 30. The Kier molecular flexibility index (Phi) is 33.1. The first-order valence-electron chi connectivity index (χ1n) is 35.4. The number of carbonyl (C=O) groups is 6.